The molecule has 0 aliphatic carbocycles. The third kappa shape index (κ3) is 5.92. The highest BCUT2D eigenvalue weighted by Crippen LogP contribution is 2.19. The number of benzene rings is 1. The van der Waals surface area contributed by atoms with Crippen LogP contribution in [0.5, 0.6) is 0 Å². The van der Waals surface area contributed by atoms with E-state index in [4.69, 9.17) is 5.73 Å². The van der Waals surface area contributed by atoms with Gasteiger partial charge in [-0.1, -0.05) is 45.2 Å². The number of nitrogen functional groups attached to an aromatic ring is 1. The van der Waals surface area contributed by atoms with Crippen LogP contribution < -0.4 is 21.9 Å². The van der Waals surface area contributed by atoms with Crippen LogP contribution in [0.25, 0.3) is 6.08 Å². The molecule has 162 valence electrons. The Labute approximate surface area is 175 Å². The average Bonchev–Trinajstić information content (AvgIpc) is 2.70. The molecule has 30 heavy (non-hydrogen) atoms. The lowest BCUT2D eigenvalue weighted by Gasteiger charge is -2.23. The van der Waals surface area contributed by atoms with Crippen LogP contribution in [0.4, 0.5) is 15.9 Å². The van der Waals surface area contributed by atoms with Crippen LogP contribution in [0.3, 0.4) is 0 Å². The highest BCUT2D eigenvalue weighted by molar-refractivity contribution is 6.05. The molecule has 7 nitrogen and oxygen atoms in total. The van der Waals surface area contributed by atoms with E-state index in [1.165, 1.54) is 33.8 Å². The van der Waals surface area contributed by atoms with E-state index in [0.717, 1.165) is 19.3 Å². The lowest BCUT2D eigenvalue weighted by atomic mass is 10.2. The normalized spacial score (nSPS) is 11.2. The Bertz CT molecular complexity index is 1010. The van der Waals surface area contributed by atoms with Crippen molar-refractivity contribution in [2.75, 3.05) is 17.2 Å². The molecule has 0 unspecified atom stereocenters. The van der Waals surface area contributed by atoms with Crippen LogP contribution >= 0.6 is 0 Å². The van der Waals surface area contributed by atoms with E-state index in [1.54, 1.807) is 12.1 Å². The maximum absolute atomic E-state index is 13.4. The van der Waals surface area contributed by atoms with Crippen molar-refractivity contribution in [3.63, 3.8) is 0 Å². The molecule has 0 aliphatic rings. The van der Waals surface area contributed by atoms with Crippen molar-refractivity contribution in [1.29, 1.82) is 0 Å². The number of nitrogens with two attached hydrogens (primary N) is 1. The Morgan fingerprint density at radius 1 is 1.20 bits per heavy atom. The zero-order valence-electron chi connectivity index (χ0n) is 17.5. The molecule has 0 saturated heterocycles. The number of carbonyl (C=O) groups is 1. The predicted octanol–water partition coefficient (Wildman–Crippen LogP) is 3.29. The Morgan fingerprint density at radius 3 is 2.60 bits per heavy atom. The van der Waals surface area contributed by atoms with Gasteiger partial charge in [-0.05, 0) is 36.6 Å². The number of aromatic nitrogens is 2. The molecule has 1 aromatic carbocycles. The summed E-state index contributed by atoms with van der Waals surface area (Å²) in [5.74, 6) is -0.900. The summed E-state index contributed by atoms with van der Waals surface area (Å²) in [6.07, 6.45) is 6.78. The lowest BCUT2D eigenvalue weighted by Crippen LogP contribution is -2.41. The molecular weight excluding hydrogens is 387 g/mol. The topological polar surface area (TPSA) is 101 Å². The van der Waals surface area contributed by atoms with Gasteiger partial charge in [-0.25, -0.2) is 9.18 Å². The Kier molecular flexibility index (Phi) is 8.58. The molecule has 1 heterocycles. The van der Waals surface area contributed by atoms with Gasteiger partial charge < -0.3 is 10.6 Å². The van der Waals surface area contributed by atoms with E-state index in [9.17, 15) is 18.8 Å². The van der Waals surface area contributed by atoms with Gasteiger partial charge in [0, 0.05) is 19.2 Å². The lowest BCUT2D eigenvalue weighted by molar-refractivity contribution is -0.114. The molecule has 0 fully saturated rings. The number of hydrogen-bond acceptors (Lipinski definition) is 4. The van der Waals surface area contributed by atoms with Crippen LogP contribution in [0.2, 0.25) is 0 Å². The van der Waals surface area contributed by atoms with Crippen LogP contribution in [-0.4, -0.2) is 22.0 Å². The highest BCUT2D eigenvalue weighted by atomic mass is 19.1. The largest absolute Gasteiger partial charge is 0.383 e. The van der Waals surface area contributed by atoms with Gasteiger partial charge >= 0.3 is 5.69 Å². The van der Waals surface area contributed by atoms with E-state index in [0.29, 0.717) is 24.9 Å². The fourth-order valence-corrected chi connectivity index (χ4v) is 3.10. The van der Waals surface area contributed by atoms with Crippen molar-refractivity contribution in [1.82, 2.24) is 9.55 Å². The number of carbonyl (C=O) groups excluding carboxylic acids is 1. The first-order valence-corrected chi connectivity index (χ1v) is 10.3. The zero-order valence-corrected chi connectivity index (χ0v) is 17.5. The van der Waals surface area contributed by atoms with E-state index >= 15 is 0 Å². The third-order valence-corrected chi connectivity index (χ3v) is 4.74. The number of anilines is 2. The number of H-pyrrole nitrogens is 1. The first kappa shape index (κ1) is 23.1. The molecule has 0 saturated carbocycles. The van der Waals surface area contributed by atoms with Crippen LogP contribution in [0.15, 0.2) is 39.9 Å². The summed E-state index contributed by atoms with van der Waals surface area (Å²) >= 11 is 0. The molecular formula is C22H29FN4O3. The number of halogens is 1. The summed E-state index contributed by atoms with van der Waals surface area (Å²) in [5.41, 5.74) is 5.37. The molecule has 0 radical (unpaired) electrons. The van der Waals surface area contributed by atoms with Crippen molar-refractivity contribution in [2.24, 2.45) is 0 Å². The van der Waals surface area contributed by atoms with Crippen LogP contribution in [0, 0.1) is 5.82 Å². The molecule has 0 aliphatic heterocycles. The number of nitrogens with zero attached hydrogens (tertiary/aromatic N) is 2. The minimum Gasteiger partial charge on any atom is -0.383 e. The maximum Gasteiger partial charge on any atom is 0.330 e. The summed E-state index contributed by atoms with van der Waals surface area (Å²) in [6, 6.07) is 5.83. The first-order valence-electron chi connectivity index (χ1n) is 10.3. The predicted molar refractivity (Wildman–Crippen MR) is 118 cm³/mol. The summed E-state index contributed by atoms with van der Waals surface area (Å²) in [5, 5.41) is 0. The standard InChI is InChI=1S/C22H29FN4O3/c1-3-5-7-14-26(18(28)12-11-16-9-8-10-17(23)15-16)19-20(24)27(13-6-4-2)22(30)25-21(19)29/h8-12,15H,3-7,13-14,24H2,1-2H3,(H,25,29,30)/b12-11+. The number of nitrogens with one attached hydrogen (secondary N) is 1. The van der Waals surface area contributed by atoms with Crippen molar-refractivity contribution < 1.29 is 9.18 Å². The molecule has 8 heteroatoms. The van der Waals surface area contributed by atoms with E-state index in [2.05, 4.69) is 4.98 Å². The van der Waals surface area contributed by atoms with Crippen LogP contribution in [-0.2, 0) is 11.3 Å². The van der Waals surface area contributed by atoms with E-state index in [1.807, 2.05) is 13.8 Å². The molecule has 1 aromatic heterocycles. The summed E-state index contributed by atoms with van der Waals surface area (Å²) < 4.78 is 14.7. The second-order valence-electron chi connectivity index (χ2n) is 7.08. The minimum atomic E-state index is -0.700. The van der Waals surface area contributed by atoms with Crippen molar-refractivity contribution in [3.05, 3.63) is 62.6 Å². The number of aromatic amines is 1. The van der Waals surface area contributed by atoms with Crippen molar-refractivity contribution in [2.45, 2.75) is 52.5 Å². The van der Waals surface area contributed by atoms with Gasteiger partial charge in [0.05, 0.1) is 0 Å². The smallest absolute Gasteiger partial charge is 0.330 e. The molecule has 2 rings (SSSR count). The summed E-state index contributed by atoms with van der Waals surface area (Å²) in [4.78, 5) is 41.3. The third-order valence-electron chi connectivity index (χ3n) is 4.74. The van der Waals surface area contributed by atoms with Gasteiger partial charge in [-0.15, -0.1) is 0 Å². The summed E-state index contributed by atoms with van der Waals surface area (Å²) in [6.45, 7) is 4.63. The van der Waals surface area contributed by atoms with Gasteiger partial charge in [-0.3, -0.25) is 19.1 Å². The average molecular weight is 416 g/mol. The van der Waals surface area contributed by atoms with Crippen molar-refractivity contribution in [3.8, 4) is 0 Å². The van der Waals surface area contributed by atoms with Gasteiger partial charge in [0.1, 0.15) is 11.6 Å². The Balaban J connectivity index is 2.44. The van der Waals surface area contributed by atoms with E-state index in [-0.39, 0.29) is 18.1 Å². The van der Waals surface area contributed by atoms with Gasteiger partial charge in [0.25, 0.3) is 11.5 Å². The number of rotatable bonds is 10. The van der Waals surface area contributed by atoms with Gasteiger partial charge in [-0.2, -0.15) is 0 Å². The quantitative estimate of drug-likeness (QED) is 0.458. The van der Waals surface area contributed by atoms with E-state index < -0.39 is 23.0 Å². The molecule has 2 aromatic rings. The minimum absolute atomic E-state index is 0.0267. The Morgan fingerprint density at radius 2 is 1.93 bits per heavy atom. The summed E-state index contributed by atoms with van der Waals surface area (Å²) in [7, 11) is 0. The fraction of sp³-hybridized carbons (Fsp3) is 0.409. The number of amides is 1. The highest BCUT2D eigenvalue weighted by Gasteiger charge is 2.22. The maximum atomic E-state index is 13.4. The molecule has 0 atom stereocenters. The molecule has 3 N–H and O–H groups in total. The van der Waals surface area contributed by atoms with Gasteiger partial charge in [0.2, 0.25) is 0 Å². The SMILES string of the molecule is CCCCCN(C(=O)/C=C/c1cccc(F)c1)c1c(N)n(CCCC)c(=O)[nH]c1=O. The monoisotopic (exact) mass is 416 g/mol. The van der Waals surface area contributed by atoms with Crippen molar-refractivity contribution >= 4 is 23.5 Å². The van der Waals surface area contributed by atoms with Gasteiger partial charge in [0.15, 0.2) is 5.69 Å². The van der Waals surface area contributed by atoms with Crippen LogP contribution in [0.1, 0.15) is 51.5 Å². The number of unbranched alkanes of at least 4 members (excludes halogenated alkanes) is 3. The Hall–Kier alpha value is -3.16. The number of hydrogen-bond donors (Lipinski definition) is 2. The molecule has 0 spiro atoms. The fourth-order valence-electron chi connectivity index (χ4n) is 3.10. The molecule has 1 amide bonds. The second-order valence-corrected chi connectivity index (χ2v) is 7.08. The molecule has 0 bridgehead atoms. The first-order chi connectivity index (χ1) is 14.4. The zero-order chi connectivity index (χ0) is 22.1. The second kappa shape index (κ2) is 11.1.